The monoisotopic (exact) mass is 352 g/mol. The Morgan fingerprint density at radius 2 is 1.96 bits per heavy atom. The number of halogens is 4. The molecule has 0 unspecified atom stereocenters. The Balaban J connectivity index is 2.25. The van der Waals surface area contributed by atoms with Gasteiger partial charge in [-0.15, -0.1) is 0 Å². The van der Waals surface area contributed by atoms with Crippen LogP contribution in [0.1, 0.15) is 27.0 Å². The number of nitrogens with one attached hydrogen (secondary N) is 1. The Morgan fingerprint density at radius 3 is 2.56 bits per heavy atom. The lowest BCUT2D eigenvalue weighted by Gasteiger charge is -2.12. The van der Waals surface area contributed by atoms with Crippen molar-refractivity contribution in [2.24, 2.45) is 0 Å². The maximum absolute atomic E-state index is 13.8. The fourth-order valence-corrected chi connectivity index (χ4v) is 2.11. The molecule has 0 heterocycles. The van der Waals surface area contributed by atoms with E-state index in [9.17, 15) is 22.4 Å². The molecule has 130 valence electrons. The molecule has 0 amide bonds. The highest BCUT2D eigenvalue weighted by atomic mass is 19.4. The third kappa shape index (κ3) is 4.26. The quantitative estimate of drug-likeness (QED) is 0.664. The summed E-state index contributed by atoms with van der Waals surface area (Å²) >= 11 is 0. The minimum absolute atomic E-state index is 0.103. The Hall–Kier alpha value is -3.08. The highest BCUT2D eigenvalue weighted by molar-refractivity contribution is 5.89. The lowest BCUT2D eigenvalue weighted by Crippen LogP contribution is -2.09. The van der Waals surface area contributed by atoms with Gasteiger partial charge in [-0.2, -0.15) is 18.4 Å². The molecule has 0 aliphatic carbocycles. The number of esters is 1. The van der Waals surface area contributed by atoms with Crippen molar-refractivity contribution in [3.05, 3.63) is 64.5 Å². The van der Waals surface area contributed by atoms with Crippen molar-refractivity contribution in [3.63, 3.8) is 0 Å². The average molecular weight is 352 g/mol. The first-order chi connectivity index (χ1) is 11.8. The van der Waals surface area contributed by atoms with Gasteiger partial charge in [-0.05, 0) is 36.4 Å². The lowest BCUT2D eigenvalue weighted by atomic mass is 10.1. The number of carbonyl (C=O) groups excluding carboxylic acids is 1. The van der Waals surface area contributed by atoms with Crippen molar-refractivity contribution < 1.29 is 27.1 Å². The van der Waals surface area contributed by atoms with Crippen LogP contribution in [0.2, 0.25) is 0 Å². The lowest BCUT2D eigenvalue weighted by molar-refractivity contribution is -0.137. The summed E-state index contributed by atoms with van der Waals surface area (Å²) in [5.74, 6) is -1.25. The van der Waals surface area contributed by atoms with E-state index >= 15 is 0 Å². The number of methoxy groups -OCH3 is 1. The molecule has 0 spiro atoms. The molecule has 0 aliphatic rings. The molecular weight excluding hydrogens is 340 g/mol. The topological polar surface area (TPSA) is 62.1 Å². The average Bonchev–Trinajstić information content (AvgIpc) is 2.59. The van der Waals surface area contributed by atoms with Gasteiger partial charge in [0.15, 0.2) is 0 Å². The normalized spacial score (nSPS) is 10.9. The van der Waals surface area contributed by atoms with Gasteiger partial charge < -0.3 is 10.1 Å². The van der Waals surface area contributed by atoms with Crippen LogP contribution in [0.4, 0.5) is 23.2 Å². The molecule has 0 atom stereocenters. The fraction of sp³-hybridized carbons (Fsp3) is 0.176. The summed E-state index contributed by atoms with van der Waals surface area (Å²) in [5, 5.41) is 11.7. The Kier molecular flexibility index (Phi) is 5.27. The minimum atomic E-state index is -4.56. The standard InChI is InChI=1S/C17H12F4N2O2/c1-25-16(24)10-2-4-14(18)12(6-10)9-23-15-5-3-13(17(19,20)21)7-11(15)8-22/h2-7,23H,9H2,1H3. The predicted molar refractivity (Wildman–Crippen MR) is 81.2 cm³/mol. The van der Waals surface area contributed by atoms with Crippen molar-refractivity contribution in [3.8, 4) is 6.07 Å². The van der Waals surface area contributed by atoms with Gasteiger partial charge in [0.05, 0.1) is 29.5 Å². The first-order valence-corrected chi connectivity index (χ1v) is 6.98. The van der Waals surface area contributed by atoms with Crippen LogP contribution in [-0.4, -0.2) is 13.1 Å². The van der Waals surface area contributed by atoms with Gasteiger partial charge in [0.2, 0.25) is 0 Å². The van der Waals surface area contributed by atoms with Gasteiger partial charge in [0.1, 0.15) is 11.9 Å². The molecule has 0 fully saturated rings. The van der Waals surface area contributed by atoms with E-state index in [1.54, 1.807) is 6.07 Å². The predicted octanol–water partition coefficient (Wildman–Crippen LogP) is 4.11. The Labute approximate surface area is 140 Å². The summed E-state index contributed by atoms with van der Waals surface area (Å²) in [4.78, 5) is 11.5. The van der Waals surface area contributed by atoms with E-state index < -0.39 is 23.5 Å². The van der Waals surface area contributed by atoms with E-state index in [-0.39, 0.29) is 28.9 Å². The molecule has 2 rings (SSSR count). The minimum Gasteiger partial charge on any atom is -0.465 e. The van der Waals surface area contributed by atoms with Crippen LogP contribution in [0.3, 0.4) is 0 Å². The molecule has 0 saturated heterocycles. The number of benzene rings is 2. The molecule has 8 heteroatoms. The summed E-state index contributed by atoms with van der Waals surface area (Å²) in [7, 11) is 1.19. The maximum atomic E-state index is 13.8. The maximum Gasteiger partial charge on any atom is 0.416 e. The molecular formula is C17H12F4N2O2. The smallest absolute Gasteiger partial charge is 0.416 e. The Morgan fingerprint density at radius 1 is 1.24 bits per heavy atom. The van der Waals surface area contributed by atoms with E-state index in [0.717, 1.165) is 18.2 Å². The van der Waals surface area contributed by atoms with Crippen molar-refractivity contribution in [1.82, 2.24) is 0 Å². The highest BCUT2D eigenvalue weighted by Crippen LogP contribution is 2.31. The van der Waals surface area contributed by atoms with Gasteiger partial charge in [0.25, 0.3) is 0 Å². The third-order valence-electron chi connectivity index (χ3n) is 3.40. The van der Waals surface area contributed by atoms with E-state index in [0.29, 0.717) is 6.07 Å². The summed E-state index contributed by atoms with van der Waals surface area (Å²) in [6.07, 6.45) is -4.56. The molecule has 0 aromatic heterocycles. The largest absolute Gasteiger partial charge is 0.465 e. The summed E-state index contributed by atoms with van der Waals surface area (Å²) < 4.78 is 56.4. The van der Waals surface area contributed by atoms with Gasteiger partial charge >= 0.3 is 12.1 Å². The number of hydrogen-bond acceptors (Lipinski definition) is 4. The second kappa shape index (κ2) is 7.21. The number of nitriles is 1. The second-order valence-electron chi connectivity index (χ2n) is 5.02. The SMILES string of the molecule is COC(=O)c1ccc(F)c(CNc2ccc(C(F)(F)F)cc2C#N)c1. The van der Waals surface area contributed by atoms with Crippen molar-refractivity contribution in [2.45, 2.75) is 12.7 Å². The van der Waals surface area contributed by atoms with Crippen molar-refractivity contribution >= 4 is 11.7 Å². The zero-order chi connectivity index (χ0) is 18.6. The third-order valence-corrected chi connectivity index (χ3v) is 3.40. The van der Waals surface area contributed by atoms with Crippen LogP contribution in [0.5, 0.6) is 0 Å². The Bertz CT molecular complexity index is 842. The number of alkyl halides is 3. The molecule has 0 saturated carbocycles. The number of nitrogens with zero attached hydrogens (tertiary/aromatic N) is 1. The number of hydrogen-bond donors (Lipinski definition) is 1. The van der Waals surface area contributed by atoms with Gasteiger partial charge in [-0.3, -0.25) is 0 Å². The first kappa shape index (κ1) is 18.3. The molecule has 2 aromatic carbocycles. The van der Waals surface area contributed by atoms with Crippen LogP contribution >= 0.6 is 0 Å². The zero-order valence-corrected chi connectivity index (χ0v) is 12.9. The number of carbonyl (C=O) groups is 1. The van der Waals surface area contributed by atoms with E-state index in [2.05, 4.69) is 10.1 Å². The number of ether oxygens (including phenoxy) is 1. The molecule has 25 heavy (non-hydrogen) atoms. The summed E-state index contributed by atoms with van der Waals surface area (Å²) in [6, 6.07) is 7.91. The fourth-order valence-electron chi connectivity index (χ4n) is 2.11. The van der Waals surface area contributed by atoms with Gasteiger partial charge in [-0.1, -0.05) is 0 Å². The van der Waals surface area contributed by atoms with Crippen LogP contribution in [0.15, 0.2) is 36.4 Å². The molecule has 0 bridgehead atoms. The zero-order valence-electron chi connectivity index (χ0n) is 12.9. The highest BCUT2D eigenvalue weighted by Gasteiger charge is 2.31. The molecule has 2 aromatic rings. The van der Waals surface area contributed by atoms with Gasteiger partial charge in [0, 0.05) is 12.1 Å². The second-order valence-corrected chi connectivity index (χ2v) is 5.02. The van der Waals surface area contributed by atoms with Crippen LogP contribution in [0.25, 0.3) is 0 Å². The molecule has 1 N–H and O–H groups in total. The van der Waals surface area contributed by atoms with E-state index in [1.807, 2.05) is 0 Å². The van der Waals surface area contributed by atoms with Crippen LogP contribution in [0, 0.1) is 17.1 Å². The van der Waals surface area contributed by atoms with E-state index in [1.165, 1.54) is 19.2 Å². The van der Waals surface area contributed by atoms with Crippen LogP contribution < -0.4 is 5.32 Å². The number of rotatable bonds is 4. The summed E-state index contributed by atoms with van der Waals surface area (Å²) in [6.45, 7) is -0.128. The van der Waals surface area contributed by atoms with Crippen molar-refractivity contribution in [2.75, 3.05) is 12.4 Å². The van der Waals surface area contributed by atoms with Gasteiger partial charge in [-0.25, -0.2) is 9.18 Å². The molecule has 4 nitrogen and oxygen atoms in total. The molecule has 0 radical (unpaired) electrons. The number of anilines is 1. The first-order valence-electron chi connectivity index (χ1n) is 6.98. The molecule has 0 aliphatic heterocycles. The van der Waals surface area contributed by atoms with Crippen molar-refractivity contribution in [1.29, 1.82) is 5.26 Å². The van der Waals surface area contributed by atoms with E-state index in [4.69, 9.17) is 5.26 Å². The summed E-state index contributed by atoms with van der Waals surface area (Å²) in [5.41, 5.74) is -0.813. The van der Waals surface area contributed by atoms with Crippen LogP contribution in [-0.2, 0) is 17.5 Å².